The molecule has 3 nitrogen and oxygen atoms in total. The van der Waals surface area contributed by atoms with E-state index in [4.69, 9.17) is 9.84 Å². The molecule has 2 rings (SSSR count). The van der Waals surface area contributed by atoms with Crippen molar-refractivity contribution < 1.29 is 14.6 Å². The first-order chi connectivity index (χ1) is 8.70. The molecule has 1 N–H and O–H groups in total. The van der Waals surface area contributed by atoms with Crippen LogP contribution in [0.2, 0.25) is 0 Å². The van der Waals surface area contributed by atoms with E-state index in [-0.39, 0.29) is 12.3 Å². The van der Waals surface area contributed by atoms with Crippen molar-refractivity contribution in [2.45, 2.75) is 12.3 Å². The summed E-state index contributed by atoms with van der Waals surface area (Å²) in [5.41, 5.74) is 0.971. The Morgan fingerprint density at radius 1 is 1.39 bits per heavy atom. The van der Waals surface area contributed by atoms with Crippen molar-refractivity contribution in [1.82, 2.24) is 0 Å². The molecule has 0 spiro atoms. The third-order valence-corrected chi connectivity index (χ3v) is 3.75. The molecule has 0 bridgehead atoms. The predicted octanol–water partition coefficient (Wildman–Crippen LogP) is 3.36. The lowest BCUT2D eigenvalue weighted by Gasteiger charge is -2.14. The van der Waals surface area contributed by atoms with Crippen LogP contribution in [0.15, 0.2) is 41.8 Å². The van der Waals surface area contributed by atoms with E-state index in [0.717, 1.165) is 16.2 Å². The molecule has 0 aliphatic rings. The molecule has 1 atom stereocenters. The number of rotatable bonds is 5. The maximum atomic E-state index is 11.0. The van der Waals surface area contributed by atoms with Crippen LogP contribution < -0.4 is 4.74 Å². The van der Waals surface area contributed by atoms with E-state index in [2.05, 4.69) is 0 Å². The summed E-state index contributed by atoms with van der Waals surface area (Å²) in [5.74, 6) is -0.159. The number of aliphatic carboxylic acids is 1. The number of hydrogen-bond donors (Lipinski definition) is 1. The number of thiophene rings is 1. The molecule has 0 aliphatic carbocycles. The van der Waals surface area contributed by atoms with Crippen molar-refractivity contribution in [2.75, 3.05) is 7.11 Å². The van der Waals surface area contributed by atoms with Gasteiger partial charge in [0, 0.05) is 10.8 Å². The smallest absolute Gasteiger partial charge is 0.304 e. The molecule has 18 heavy (non-hydrogen) atoms. The van der Waals surface area contributed by atoms with E-state index < -0.39 is 5.97 Å². The normalized spacial score (nSPS) is 12.1. The summed E-state index contributed by atoms with van der Waals surface area (Å²) in [7, 11) is 1.61. The van der Waals surface area contributed by atoms with Crippen LogP contribution in [-0.2, 0) is 4.79 Å². The minimum atomic E-state index is -0.795. The number of hydrogen-bond acceptors (Lipinski definition) is 3. The highest BCUT2D eigenvalue weighted by Gasteiger charge is 2.19. The van der Waals surface area contributed by atoms with Crippen LogP contribution >= 0.6 is 11.3 Å². The molecule has 1 aromatic carbocycles. The zero-order valence-corrected chi connectivity index (χ0v) is 10.8. The second kappa shape index (κ2) is 5.69. The van der Waals surface area contributed by atoms with Gasteiger partial charge in [-0.1, -0.05) is 18.2 Å². The van der Waals surface area contributed by atoms with Gasteiger partial charge in [0.05, 0.1) is 13.5 Å². The van der Waals surface area contributed by atoms with Gasteiger partial charge in [-0.05, 0) is 29.1 Å². The molecule has 1 aromatic heterocycles. The first-order valence-electron chi connectivity index (χ1n) is 5.60. The van der Waals surface area contributed by atoms with Gasteiger partial charge in [0.1, 0.15) is 5.75 Å². The largest absolute Gasteiger partial charge is 0.497 e. The molecule has 0 saturated heterocycles. The first kappa shape index (κ1) is 12.6. The minimum absolute atomic E-state index is 0.0910. The van der Waals surface area contributed by atoms with Crippen LogP contribution in [0.25, 0.3) is 0 Å². The van der Waals surface area contributed by atoms with E-state index in [9.17, 15) is 4.79 Å². The van der Waals surface area contributed by atoms with Crippen molar-refractivity contribution in [3.05, 3.63) is 52.2 Å². The Balaban J connectivity index is 2.36. The molecule has 1 unspecified atom stereocenters. The van der Waals surface area contributed by atoms with Crippen molar-refractivity contribution >= 4 is 17.3 Å². The third-order valence-electron chi connectivity index (χ3n) is 2.76. The quantitative estimate of drug-likeness (QED) is 0.898. The van der Waals surface area contributed by atoms with Crippen molar-refractivity contribution in [2.24, 2.45) is 0 Å². The van der Waals surface area contributed by atoms with Crippen molar-refractivity contribution in [1.29, 1.82) is 0 Å². The lowest BCUT2D eigenvalue weighted by atomic mass is 9.94. The van der Waals surface area contributed by atoms with Gasteiger partial charge in [-0.3, -0.25) is 4.79 Å². The van der Waals surface area contributed by atoms with Crippen LogP contribution in [0.1, 0.15) is 22.8 Å². The van der Waals surface area contributed by atoms with Crippen molar-refractivity contribution in [3.8, 4) is 5.75 Å². The summed E-state index contributed by atoms with van der Waals surface area (Å²) in [6.07, 6.45) is 0.0910. The van der Waals surface area contributed by atoms with Crippen LogP contribution in [-0.4, -0.2) is 18.2 Å². The number of benzene rings is 1. The molecule has 2 aromatic rings. The van der Waals surface area contributed by atoms with Gasteiger partial charge in [0.15, 0.2) is 0 Å². The van der Waals surface area contributed by atoms with E-state index in [1.54, 1.807) is 18.4 Å². The molecular formula is C14H14O3S. The van der Waals surface area contributed by atoms with Gasteiger partial charge in [0.25, 0.3) is 0 Å². The fourth-order valence-electron chi connectivity index (χ4n) is 1.91. The average Bonchev–Trinajstić information content (AvgIpc) is 2.89. The second-order valence-electron chi connectivity index (χ2n) is 3.94. The molecule has 0 fully saturated rings. The van der Waals surface area contributed by atoms with Gasteiger partial charge < -0.3 is 9.84 Å². The lowest BCUT2D eigenvalue weighted by molar-refractivity contribution is -0.137. The molecule has 0 aliphatic heterocycles. The van der Waals surface area contributed by atoms with Gasteiger partial charge in [0.2, 0.25) is 0 Å². The molecule has 0 radical (unpaired) electrons. The van der Waals surface area contributed by atoms with Crippen LogP contribution in [0.3, 0.4) is 0 Å². The molecule has 0 amide bonds. The van der Waals surface area contributed by atoms with Crippen molar-refractivity contribution in [3.63, 3.8) is 0 Å². The fraction of sp³-hybridized carbons (Fsp3) is 0.214. The highest BCUT2D eigenvalue weighted by atomic mass is 32.1. The van der Waals surface area contributed by atoms with Crippen LogP contribution in [0.4, 0.5) is 0 Å². The standard InChI is InChI=1S/C14H14O3S/c1-17-11-5-2-4-10(8-11)12(9-14(15)16)13-6-3-7-18-13/h2-8,12H,9H2,1H3,(H,15,16). The SMILES string of the molecule is COc1cccc(C(CC(=O)O)c2cccs2)c1. The Labute approximate surface area is 110 Å². The van der Waals surface area contributed by atoms with Crippen LogP contribution in [0, 0.1) is 0 Å². The number of carbonyl (C=O) groups is 1. The van der Waals surface area contributed by atoms with Gasteiger partial charge in [-0.2, -0.15) is 0 Å². The van der Waals surface area contributed by atoms with E-state index in [1.165, 1.54) is 0 Å². The average molecular weight is 262 g/mol. The number of ether oxygens (including phenoxy) is 1. The number of carboxylic acid groups (broad SMARTS) is 1. The molecular weight excluding hydrogens is 248 g/mol. The van der Waals surface area contributed by atoms with Gasteiger partial charge in [-0.15, -0.1) is 11.3 Å². The molecule has 0 saturated carbocycles. The third kappa shape index (κ3) is 2.90. The number of carboxylic acids is 1. The molecule has 1 heterocycles. The summed E-state index contributed by atoms with van der Waals surface area (Å²) < 4.78 is 5.18. The minimum Gasteiger partial charge on any atom is -0.497 e. The summed E-state index contributed by atoms with van der Waals surface area (Å²) >= 11 is 1.58. The predicted molar refractivity (Wildman–Crippen MR) is 71.4 cm³/mol. The van der Waals surface area contributed by atoms with E-state index in [1.807, 2.05) is 41.8 Å². The Bertz CT molecular complexity index is 520. The summed E-state index contributed by atoms with van der Waals surface area (Å²) in [6.45, 7) is 0. The highest BCUT2D eigenvalue weighted by Crippen LogP contribution is 2.32. The number of methoxy groups -OCH3 is 1. The lowest BCUT2D eigenvalue weighted by Crippen LogP contribution is -2.06. The van der Waals surface area contributed by atoms with Gasteiger partial charge in [-0.25, -0.2) is 0 Å². The second-order valence-corrected chi connectivity index (χ2v) is 4.92. The van der Waals surface area contributed by atoms with Gasteiger partial charge >= 0.3 is 5.97 Å². The summed E-state index contributed by atoms with van der Waals surface area (Å²) in [6, 6.07) is 11.5. The Hall–Kier alpha value is -1.81. The van der Waals surface area contributed by atoms with Crippen LogP contribution in [0.5, 0.6) is 5.75 Å². The maximum absolute atomic E-state index is 11.0. The van der Waals surface area contributed by atoms with E-state index >= 15 is 0 Å². The maximum Gasteiger partial charge on any atom is 0.304 e. The summed E-state index contributed by atoms with van der Waals surface area (Å²) in [4.78, 5) is 12.1. The monoisotopic (exact) mass is 262 g/mol. The topological polar surface area (TPSA) is 46.5 Å². The first-order valence-corrected chi connectivity index (χ1v) is 6.48. The molecule has 4 heteroatoms. The molecule has 94 valence electrons. The van der Waals surface area contributed by atoms with E-state index in [0.29, 0.717) is 0 Å². The Morgan fingerprint density at radius 3 is 2.83 bits per heavy atom. The Morgan fingerprint density at radius 2 is 2.22 bits per heavy atom. The fourth-order valence-corrected chi connectivity index (χ4v) is 2.76. The highest BCUT2D eigenvalue weighted by molar-refractivity contribution is 7.10. The zero-order chi connectivity index (χ0) is 13.0. The summed E-state index contributed by atoms with van der Waals surface area (Å²) in [5, 5.41) is 11.0. The Kier molecular flexibility index (Phi) is 3.99. The zero-order valence-electron chi connectivity index (χ0n) is 10.00.